The van der Waals surface area contributed by atoms with Gasteiger partial charge in [0.15, 0.2) is 0 Å². The molecule has 3 rings (SSSR count). The van der Waals surface area contributed by atoms with Crippen molar-refractivity contribution >= 4 is 11.3 Å². The van der Waals surface area contributed by atoms with Gasteiger partial charge in [0.1, 0.15) is 6.10 Å². The van der Waals surface area contributed by atoms with Gasteiger partial charge in [0, 0.05) is 44.1 Å². The van der Waals surface area contributed by atoms with Crippen molar-refractivity contribution in [2.75, 3.05) is 59.1 Å². The summed E-state index contributed by atoms with van der Waals surface area (Å²) in [4.78, 5) is 5.88. The van der Waals surface area contributed by atoms with Crippen molar-refractivity contribution in [3.63, 3.8) is 0 Å². The van der Waals surface area contributed by atoms with E-state index in [1.54, 1.807) is 11.3 Å². The summed E-state index contributed by atoms with van der Waals surface area (Å²) in [5.41, 5.74) is 0. The van der Waals surface area contributed by atoms with Crippen LogP contribution in [0.2, 0.25) is 0 Å². The van der Waals surface area contributed by atoms with Crippen LogP contribution in [0.3, 0.4) is 0 Å². The van der Waals surface area contributed by atoms with E-state index in [9.17, 15) is 5.11 Å². The minimum absolute atomic E-state index is 0.161. The van der Waals surface area contributed by atoms with Crippen LogP contribution >= 0.6 is 11.3 Å². The van der Waals surface area contributed by atoms with Crippen LogP contribution in [0.4, 0.5) is 0 Å². The molecular weight excluding hydrogens is 288 g/mol. The van der Waals surface area contributed by atoms with Crippen molar-refractivity contribution in [3.05, 3.63) is 22.4 Å². The van der Waals surface area contributed by atoms with E-state index >= 15 is 0 Å². The van der Waals surface area contributed by atoms with Crippen LogP contribution in [0.1, 0.15) is 11.0 Å². The number of nitrogens with zero attached hydrogens (tertiary/aromatic N) is 2. The van der Waals surface area contributed by atoms with Crippen molar-refractivity contribution in [2.24, 2.45) is 0 Å². The highest BCUT2D eigenvalue weighted by atomic mass is 32.1. The molecular formula is C15H24N2O3S. The molecule has 2 aliphatic rings. The first-order valence-electron chi connectivity index (χ1n) is 7.67. The second-order valence-electron chi connectivity index (χ2n) is 5.70. The number of aliphatic hydroxyl groups is 1. The highest BCUT2D eigenvalue weighted by Crippen LogP contribution is 2.26. The van der Waals surface area contributed by atoms with E-state index in [4.69, 9.17) is 9.47 Å². The van der Waals surface area contributed by atoms with Crippen LogP contribution < -0.4 is 0 Å². The summed E-state index contributed by atoms with van der Waals surface area (Å²) < 4.78 is 11.2. The topological polar surface area (TPSA) is 45.2 Å². The lowest BCUT2D eigenvalue weighted by Crippen LogP contribution is -2.47. The number of ether oxygens (including phenoxy) is 2. The van der Waals surface area contributed by atoms with E-state index < -0.39 is 0 Å². The van der Waals surface area contributed by atoms with E-state index in [1.165, 1.54) is 4.88 Å². The van der Waals surface area contributed by atoms with Gasteiger partial charge in [-0.2, -0.15) is 0 Å². The first kappa shape index (κ1) is 15.4. The Morgan fingerprint density at radius 3 is 2.71 bits per heavy atom. The van der Waals surface area contributed by atoms with Gasteiger partial charge >= 0.3 is 0 Å². The normalized spacial score (nSPS) is 26.8. The zero-order valence-corrected chi connectivity index (χ0v) is 13.1. The van der Waals surface area contributed by atoms with Crippen molar-refractivity contribution < 1.29 is 14.6 Å². The summed E-state index contributed by atoms with van der Waals surface area (Å²) in [5.74, 6) is 0. The van der Waals surface area contributed by atoms with Crippen molar-refractivity contribution in [2.45, 2.75) is 12.2 Å². The molecule has 2 aliphatic heterocycles. The number of hydrogen-bond donors (Lipinski definition) is 1. The van der Waals surface area contributed by atoms with Crippen LogP contribution in [-0.4, -0.2) is 80.1 Å². The average Bonchev–Trinajstić information content (AvgIpc) is 3.02. The number of β-amino-alcohol motifs (C(OH)–C–C–N with tert-alkyl or cyclic N) is 1. The predicted octanol–water partition coefficient (Wildman–Crippen LogP) is 0.815. The molecule has 5 nitrogen and oxygen atoms in total. The SMILES string of the molecule is OC(CN1CCOCC1)CN1CCOC(c2cccs2)C1. The number of rotatable bonds is 5. The quantitative estimate of drug-likeness (QED) is 0.872. The molecule has 0 radical (unpaired) electrons. The number of morpholine rings is 2. The monoisotopic (exact) mass is 312 g/mol. The first-order chi connectivity index (χ1) is 10.3. The molecule has 2 fully saturated rings. The average molecular weight is 312 g/mol. The molecule has 1 N–H and O–H groups in total. The third-order valence-corrected chi connectivity index (χ3v) is 5.02. The minimum Gasteiger partial charge on any atom is -0.390 e. The van der Waals surface area contributed by atoms with Gasteiger partial charge in [0.2, 0.25) is 0 Å². The fourth-order valence-corrected chi connectivity index (χ4v) is 3.72. The fraction of sp³-hybridized carbons (Fsp3) is 0.733. The Morgan fingerprint density at radius 1 is 1.19 bits per heavy atom. The maximum Gasteiger partial charge on any atom is 0.104 e. The molecule has 6 heteroatoms. The zero-order valence-electron chi connectivity index (χ0n) is 12.3. The van der Waals surface area contributed by atoms with E-state index in [0.29, 0.717) is 0 Å². The van der Waals surface area contributed by atoms with Gasteiger partial charge in [-0.05, 0) is 11.4 Å². The van der Waals surface area contributed by atoms with Crippen molar-refractivity contribution in [1.29, 1.82) is 0 Å². The van der Waals surface area contributed by atoms with Gasteiger partial charge in [-0.15, -0.1) is 11.3 Å². The Kier molecular flexibility index (Phi) is 5.62. The zero-order chi connectivity index (χ0) is 14.5. The van der Waals surface area contributed by atoms with Gasteiger partial charge in [-0.25, -0.2) is 0 Å². The molecule has 2 unspecified atom stereocenters. The van der Waals surface area contributed by atoms with Crippen LogP contribution in [0.25, 0.3) is 0 Å². The van der Waals surface area contributed by atoms with Gasteiger partial charge < -0.3 is 14.6 Å². The van der Waals surface area contributed by atoms with Gasteiger partial charge in [0.05, 0.1) is 25.9 Å². The van der Waals surface area contributed by atoms with Gasteiger partial charge in [-0.1, -0.05) is 6.07 Å². The van der Waals surface area contributed by atoms with Crippen molar-refractivity contribution in [1.82, 2.24) is 9.80 Å². The second kappa shape index (κ2) is 7.67. The maximum absolute atomic E-state index is 10.3. The Labute approximate surface area is 130 Å². The van der Waals surface area contributed by atoms with Gasteiger partial charge in [-0.3, -0.25) is 9.80 Å². The molecule has 0 aromatic carbocycles. The first-order valence-corrected chi connectivity index (χ1v) is 8.55. The molecule has 0 aliphatic carbocycles. The largest absolute Gasteiger partial charge is 0.390 e. The highest BCUT2D eigenvalue weighted by molar-refractivity contribution is 7.10. The molecule has 0 bridgehead atoms. The summed E-state index contributed by atoms with van der Waals surface area (Å²) in [6.45, 7) is 7.41. The standard InChI is InChI=1S/C15H24N2O3S/c18-13(10-16-3-6-19-7-4-16)11-17-5-8-20-14(12-17)15-2-1-9-21-15/h1-2,9,13-14,18H,3-8,10-12H2. The van der Waals surface area contributed by atoms with Crippen LogP contribution in [-0.2, 0) is 9.47 Å². The fourth-order valence-electron chi connectivity index (χ4n) is 2.95. The Balaban J connectivity index is 1.45. The Hall–Kier alpha value is -0.500. The molecule has 0 amide bonds. The van der Waals surface area contributed by atoms with Crippen LogP contribution in [0.5, 0.6) is 0 Å². The lowest BCUT2D eigenvalue weighted by molar-refractivity contribution is -0.0472. The maximum atomic E-state index is 10.3. The summed E-state index contributed by atoms with van der Waals surface area (Å²) in [6, 6.07) is 4.19. The predicted molar refractivity (Wildman–Crippen MR) is 82.7 cm³/mol. The molecule has 0 saturated carbocycles. The molecule has 118 valence electrons. The van der Waals surface area contributed by atoms with Crippen LogP contribution in [0, 0.1) is 0 Å². The smallest absolute Gasteiger partial charge is 0.104 e. The molecule has 21 heavy (non-hydrogen) atoms. The summed E-state index contributed by atoms with van der Waals surface area (Å²) in [7, 11) is 0. The number of thiophene rings is 1. The molecule has 0 spiro atoms. The third kappa shape index (κ3) is 4.48. The van der Waals surface area contributed by atoms with E-state index in [-0.39, 0.29) is 12.2 Å². The summed E-state index contributed by atoms with van der Waals surface area (Å²) >= 11 is 1.74. The molecule has 2 saturated heterocycles. The summed E-state index contributed by atoms with van der Waals surface area (Å²) in [6.07, 6.45) is -0.139. The van der Waals surface area contributed by atoms with Gasteiger partial charge in [0.25, 0.3) is 0 Å². The Bertz CT molecular complexity index is 409. The van der Waals surface area contributed by atoms with E-state index in [2.05, 4.69) is 27.3 Å². The molecule has 2 atom stereocenters. The molecule has 1 aromatic rings. The van der Waals surface area contributed by atoms with Crippen molar-refractivity contribution in [3.8, 4) is 0 Å². The highest BCUT2D eigenvalue weighted by Gasteiger charge is 2.25. The molecule has 1 aromatic heterocycles. The minimum atomic E-state index is -0.301. The summed E-state index contributed by atoms with van der Waals surface area (Å²) in [5, 5.41) is 12.4. The number of hydrogen-bond acceptors (Lipinski definition) is 6. The lowest BCUT2D eigenvalue weighted by atomic mass is 10.2. The number of aliphatic hydroxyl groups excluding tert-OH is 1. The van der Waals surface area contributed by atoms with E-state index in [1.807, 2.05) is 0 Å². The molecule has 3 heterocycles. The Morgan fingerprint density at radius 2 is 1.95 bits per heavy atom. The lowest BCUT2D eigenvalue weighted by Gasteiger charge is -2.35. The second-order valence-corrected chi connectivity index (χ2v) is 6.68. The van der Waals surface area contributed by atoms with E-state index in [0.717, 1.165) is 59.1 Å². The third-order valence-electron chi connectivity index (χ3n) is 4.05. The van der Waals surface area contributed by atoms with Crippen LogP contribution in [0.15, 0.2) is 17.5 Å².